The Morgan fingerprint density at radius 1 is 0.393 bits per heavy atom. The van der Waals surface area contributed by atoms with Gasteiger partial charge in [0, 0.05) is 66.5 Å². The molecule has 42 heteroatoms. The maximum atomic E-state index is 15.5. The Morgan fingerprint density at radius 2 is 0.778 bits per heavy atom. The summed E-state index contributed by atoms with van der Waals surface area (Å²) in [5.74, 6) is -14.3. The summed E-state index contributed by atoms with van der Waals surface area (Å²) in [7, 11) is 0. The van der Waals surface area contributed by atoms with Crippen LogP contribution in [0.15, 0.2) is 121 Å². The quantitative estimate of drug-likeness (QED) is 0.0121. The topological polar surface area (TPSA) is 625 Å². The number of hydrogen-bond donors (Lipinski definition) is 25. The van der Waals surface area contributed by atoms with Crippen LogP contribution in [-0.4, -0.2) is 268 Å². The number of aromatic amines is 1. The molecule has 0 aliphatic heterocycles. The highest BCUT2D eigenvalue weighted by Gasteiger charge is 2.40. The maximum absolute atomic E-state index is 15.5. The first-order chi connectivity index (χ1) is 64.7. The van der Waals surface area contributed by atoms with Crippen LogP contribution in [0.25, 0.3) is 10.9 Å². The molecule has 4 aromatic carbocycles. The Morgan fingerprint density at radius 3 is 1.21 bits per heavy atom. The number of aromatic nitrogens is 1. The number of unbranched alkanes of at least 4 members (excludes halogenated alkanes) is 11. The number of Topliss-reactive ketones (excluding diaryl/α,β-unsaturated/α-hetero) is 1. The smallest absolute Gasteiger partial charge is 0.245 e. The van der Waals surface area contributed by atoms with Crippen molar-refractivity contribution in [2.75, 3.05) is 50.0 Å². The van der Waals surface area contributed by atoms with Crippen molar-refractivity contribution < 1.29 is 96.8 Å². The highest BCUT2D eigenvalue weighted by Crippen LogP contribution is 2.22. The highest BCUT2D eigenvalue weighted by molar-refractivity contribution is 7.80. The van der Waals surface area contributed by atoms with Gasteiger partial charge < -0.3 is 122 Å². The number of nitrogens with two attached hydrogens (primary N) is 3. The average molecular weight is 1940 g/mol. The van der Waals surface area contributed by atoms with E-state index in [-0.39, 0.29) is 100 Å². The monoisotopic (exact) mass is 1940 g/mol. The van der Waals surface area contributed by atoms with Crippen molar-refractivity contribution >= 4 is 149 Å². The van der Waals surface area contributed by atoms with Gasteiger partial charge in [0.05, 0.1) is 43.9 Å². The predicted octanol–water partition coefficient (Wildman–Crippen LogP) is -1.41. The Hall–Kier alpha value is -11.4. The average Bonchev–Trinajstić information content (AvgIpc) is 1.71. The fourth-order valence-electron chi connectivity index (χ4n) is 14.5. The van der Waals surface area contributed by atoms with Gasteiger partial charge >= 0.3 is 0 Å². The van der Waals surface area contributed by atoms with Crippen LogP contribution in [0.5, 0.6) is 0 Å². The normalized spacial score (nSPS) is 14.8. The van der Waals surface area contributed by atoms with Crippen molar-refractivity contribution in [3.63, 3.8) is 0 Å². The number of thiol groups is 3. The van der Waals surface area contributed by atoms with Gasteiger partial charge in [-0.2, -0.15) is 37.9 Å². The number of aliphatic hydroxyl groups excluding tert-OH is 3. The predicted molar refractivity (Wildman–Crippen MR) is 517 cm³/mol. The number of carbonyl (C=O) groups excluding carboxylic acids is 17. The van der Waals surface area contributed by atoms with Gasteiger partial charge in [-0.15, -0.1) is 0 Å². The summed E-state index contributed by atoms with van der Waals surface area (Å²) in [5.41, 5.74) is 20.0. The summed E-state index contributed by atoms with van der Waals surface area (Å²) in [4.78, 5) is 239. The Kier molecular flexibility index (Phi) is 53.3. The molecule has 25 N–H and O–H groups in total. The number of primary amides is 1. The molecule has 5 aromatic rings. The minimum absolute atomic E-state index is 0.0839. The Labute approximate surface area is 803 Å². The van der Waals surface area contributed by atoms with E-state index >= 15 is 14.4 Å². The van der Waals surface area contributed by atoms with Gasteiger partial charge in [0.1, 0.15) is 84.6 Å². The van der Waals surface area contributed by atoms with E-state index in [0.717, 1.165) is 78.2 Å². The van der Waals surface area contributed by atoms with Crippen LogP contribution in [0.4, 0.5) is 0 Å². The molecule has 5 rings (SSSR count). The molecular weight excluding hydrogens is 1800 g/mol. The molecule has 0 fully saturated rings. The third-order valence-electron chi connectivity index (χ3n) is 22.2. The van der Waals surface area contributed by atoms with Crippen LogP contribution in [-0.2, 0) is 107 Å². The fraction of sp³-hybridized carbons (Fsp3) is 0.538. The number of amides is 15. The van der Waals surface area contributed by atoms with Crippen LogP contribution in [0.2, 0.25) is 0 Å². The summed E-state index contributed by atoms with van der Waals surface area (Å²) >= 11 is 12.5. The number of benzene rings is 4. The van der Waals surface area contributed by atoms with E-state index in [1.165, 1.54) is 6.92 Å². The molecule has 135 heavy (non-hydrogen) atoms. The zero-order valence-electron chi connectivity index (χ0n) is 76.9. The van der Waals surface area contributed by atoms with E-state index in [0.29, 0.717) is 64.5 Å². The number of rotatable bonds is 67. The number of aliphatic hydroxyl groups is 3. The molecule has 0 bridgehead atoms. The van der Waals surface area contributed by atoms with E-state index < -0.39 is 193 Å². The van der Waals surface area contributed by atoms with Crippen LogP contribution >= 0.6 is 37.9 Å². The molecule has 39 nitrogen and oxygen atoms in total. The van der Waals surface area contributed by atoms with Gasteiger partial charge in [-0.25, -0.2) is 0 Å². The molecule has 1 aromatic heterocycles. The van der Waals surface area contributed by atoms with Crippen molar-refractivity contribution in [2.45, 2.75) is 266 Å². The van der Waals surface area contributed by atoms with Crippen LogP contribution in [0.1, 0.15) is 166 Å². The van der Waals surface area contributed by atoms with Crippen LogP contribution in [0, 0.1) is 0 Å². The largest absolute Gasteiger partial charge is 0.394 e. The van der Waals surface area contributed by atoms with Gasteiger partial charge in [-0.1, -0.05) is 161 Å². The maximum Gasteiger partial charge on any atom is 0.245 e. The summed E-state index contributed by atoms with van der Waals surface area (Å²) in [5, 5.41) is 71.5. The van der Waals surface area contributed by atoms with Crippen LogP contribution < -0.4 is 97.0 Å². The fourth-order valence-corrected chi connectivity index (χ4v) is 15.3. The van der Waals surface area contributed by atoms with Gasteiger partial charge in [0.2, 0.25) is 88.6 Å². The van der Waals surface area contributed by atoms with Crippen molar-refractivity contribution in [1.82, 2.24) is 84.7 Å². The van der Waals surface area contributed by atoms with E-state index in [1.807, 2.05) is 0 Å². The lowest BCUT2D eigenvalue weighted by atomic mass is 10.00. The number of fused-ring (bicyclic) bond motifs is 1. The van der Waals surface area contributed by atoms with Gasteiger partial charge in [-0.3, -0.25) is 76.7 Å². The molecule has 15 amide bonds. The summed E-state index contributed by atoms with van der Waals surface area (Å²) in [6.07, 6.45) is 7.46. The lowest BCUT2D eigenvalue weighted by Gasteiger charge is -2.29. The minimum Gasteiger partial charge on any atom is -0.394 e. The van der Waals surface area contributed by atoms with Gasteiger partial charge in [0.15, 0.2) is 0 Å². The summed E-state index contributed by atoms with van der Waals surface area (Å²) in [6, 6.07) is 11.2. The van der Waals surface area contributed by atoms with Gasteiger partial charge in [-0.05, 0) is 127 Å². The van der Waals surface area contributed by atoms with Crippen molar-refractivity contribution in [3.05, 3.63) is 144 Å². The number of nitrogens with one attached hydrogen (secondary N) is 16. The number of H-pyrrole nitrogens is 1. The first-order valence-electron chi connectivity index (χ1n) is 45.7. The first kappa shape index (κ1) is 114. The van der Waals surface area contributed by atoms with E-state index in [2.05, 4.69) is 123 Å². The van der Waals surface area contributed by atoms with Gasteiger partial charge in [0.25, 0.3) is 0 Å². The SMILES string of the molecule is CC(=O)[C@H](CS)NCCCCCCCCCCCCC(=O)N[C@@H](C)C(=O)NCC(=O)N[C@@H](CS)C(=O)NC(CCCCN)C(=O)N[C@@H](CC(N)=O)C(=O)NC(Cc1ccccc1)C(=O)N[C@@H](Cc1ccccc1)C(=O)NC(Cc1c[nH]c2ccccc12)C(=O)N[C@@H](CCCCN)C(=O)N[C@H](C(=O)N[C@@H](Cc1ccccc1)C(=O)N[C@H](C(=O)N[C@@H](CO)C(=O)NC(C=O)CS)[C@@H](C)O)[C@@H](C)O. The highest BCUT2D eigenvalue weighted by atomic mass is 32.1. The Balaban J connectivity index is 1.34. The lowest BCUT2D eigenvalue weighted by Crippen LogP contribution is -2.63. The number of hydrogen-bond acceptors (Lipinski definition) is 26. The molecule has 0 radical (unpaired) electrons. The lowest BCUT2D eigenvalue weighted by molar-refractivity contribution is -0.138. The molecule has 0 saturated carbocycles. The molecule has 0 spiro atoms. The van der Waals surface area contributed by atoms with E-state index in [1.54, 1.807) is 128 Å². The van der Waals surface area contributed by atoms with Crippen molar-refractivity contribution in [1.29, 1.82) is 0 Å². The third-order valence-corrected chi connectivity index (χ3v) is 23.4. The minimum atomic E-state index is -1.90. The molecule has 742 valence electrons. The third kappa shape index (κ3) is 42.2. The molecule has 0 aliphatic rings. The molecule has 0 aliphatic carbocycles. The first-order valence-corrected chi connectivity index (χ1v) is 47.6. The van der Waals surface area contributed by atoms with Crippen molar-refractivity contribution in [2.24, 2.45) is 17.2 Å². The summed E-state index contributed by atoms with van der Waals surface area (Å²) < 4.78 is 0. The van der Waals surface area contributed by atoms with Crippen LogP contribution in [0.3, 0.4) is 0 Å². The number of carbonyl (C=O) groups is 17. The molecule has 0 saturated heterocycles. The second-order valence-corrected chi connectivity index (χ2v) is 34.4. The zero-order valence-corrected chi connectivity index (χ0v) is 79.6. The molecule has 1 heterocycles. The number of aldehydes is 1. The molecule has 16 atom stereocenters. The van der Waals surface area contributed by atoms with E-state index in [4.69, 9.17) is 17.2 Å². The molecular formula is C93H137N19O20S3. The standard InChI is InChI=1S/C93H137N19O20S3/c1-56(100-78(119)40-22-11-9-7-5-6-8-10-12-29-43-97-75(54-134)57(2)115)82(121)99-50-79(120)102-76(55-135)91(130)104-67(38-25-27-41-94)83(122)108-73(48-77(96)118)88(127)106-69(44-60-30-16-13-17-31-60)85(124)105-70(45-61-32-18-14-19-33-61)86(125)107-72(47-63-49-98-66-37-24-23-36-65(63)66)87(126)103-68(39-26-28-42-95)84(123)111-80(58(3)116)92(131)109-71(46-62-34-20-15-21-35-62)89(128)112-81(59(4)117)93(132)110-74(52-114)90(129)101-64(51-113)53-133/h13-21,23-24,30-37,49,51,56,58-59,64,67-76,80-81,97-98,114,116-117,133-135H,5-12,22,25-29,38-48,50,52-55,94-95H2,1-4H3,(H2,96,118)(H,99,121)(H,100,119)(H,101,129)(H,102,120)(H,103,126)(H,104,130)(H,105,124)(H,106,127)(H,107,125)(H,108,122)(H,109,131)(H,110,132)(H,111,123)(H,112,128)/t56-,58+,59+,64?,67?,68-,69?,70-,71-,72?,73-,74-,75-,76-,80-,81-/m0/s1. The second kappa shape index (κ2) is 63.0. The van der Waals surface area contributed by atoms with Crippen molar-refractivity contribution in [3.8, 4) is 0 Å². The van der Waals surface area contributed by atoms with E-state index in [9.17, 15) is 82.4 Å². The second-order valence-electron chi connectivity index (χ2n) is 33.3. The molecule has 4 unspecified atom stereocenters. The summed E-state index contributed by atoms with van der Waals surface area (Å²) in [6.45, 7) is 4.76. The Bertz CT molecular complexity index is 4620. The zero-order chi connectivity index (χ0) is 99.3. The number of ketones is 1. The number of para-hydroxylation sites is 1.